The molecule has 2 rings (SSSR count). The van der Waals surface area contributed by atoms with Gasteiger partial charge in [0.25, 0.3) is 0 Å². The normalized spacial score (nSPS) is 10.3. The molecule has 19 heavy (non-hydrogen) atoms. The fourth-order valence-electron chi connectivity index (χ4n) is 1.40. The topological polar surface area (TPSA) is 97.1 Å². The molecular weight excluding hydrogens is 268 g/mol. The Morgan fingerprint density at radius 1 is 1.47 bits per heavy atom. The van der Waals surface area contributed by atoms with Crippen LogP contribution in [-0.4, -0.2) is 31.7 Å². The standard InChI is InChI=1S/C11H12N4O3S/c16-9(2-5-15-4-1-3-13-15)12-6-10-14-8(7-19-10)11(17)18/h1,3-4,7H,2,5-6H2,(H,12,16)(H,17,18). The van der Waals surface area contributed by atoms with E-state index in [-0.39, 0.29) is 18.1 Å². The van der Waals surface area contributed by atoms with E-state index in [2.05, 4.69) is 15.4 Å². The Morgan fingerprint density at radius 2 is 2.32 bits per heavy atom. The molecule has 0 aromatic carbocycles. The van der Waals surface area contributed by atoms with Crippen LogP contribution in [0.4, 0.5) is 0 Å². The van der Waals surface area contributed by atoms with Crippen molar-refractivity contribution >= 4 is 23.2 Å². The number of amides is 1. The molecule has 0 fully saturated rings. The summed E-state index contributed by atoms with van der Waals surface area (Å²) in [5.74, 6) is -1.19. The van der Waals surface area contributed by atoms with Gasteiger partial charge in [-0.1, -0.05) is 0 Å². The maximum atomic E-state index is 11.6. The number of nitrogens with one attached hydrogen (secondary N) is 1. The van der Waals surface area contributed by atoms with Crippen molar-refractivity contribution in [2.45, 2.75) is 19.5 Å². The van der Waals surface area contributed by atoms with Gasteiger partial charge in [-0.05, 0) is 6.07 Å². The third-order valence-electron chi connectivity index (χ3n) is 2.33. The van der Waals surface area contributed by atoms with Gasteiger partial charge in [0.05, 0.1) is 6.54 Å². The summed E-state index contributed by atoms with van der Waals surface area (Å²) in [4.78, 5) is 26.1. The van der Waals surface area contributed by atoms with E-state index in [4.69, 9.17) is 5.11 Å². The summed E-state index contributed by atoms with van der Waals surface area (Å²) >= 11 is 1.21. The summed E-state index contributed by atoms with van der Waals surface area (Å²) in [7, 11) is 0. The molecule has 0 spiro atoms. The van der Waals surface area contributed by atoms with Gasteiger partial charge < -0.3 is 10.4 Å². The Bertz CT molecular complexity index is 564. The van der Waals surface area contributed by atoms with Crippen LogP contribution in [0.2, 0.25) is 0 Å². The molecule has 7 nitrogen and oxygen atoms in total. The molecule has 0 unspecified atom stereocenters. The Kier molecular flexibility index (Phi) is 4.24. The highest BCUT2D eigenvalue weighted by molar-refractivity contribution is 7.09. The van der Waals surface area contributed by atoms with Crippen LogP contribution in [0.3, 0.4) is 0 Å². The molecule has 2 aromatic heterocycles. The molecule has 100 valence electrons. The summed E-state index contributed by atoms with van der Waals surface area (Å²) in [6.07, 6.45) is 3.76. The van der Waals surface area contributed by atoms with Crippen molar-refractivity contribution in [3.05, 3.63) is 34.5 Å². The van der Waals surface area contributed by atoms with Crippen LogP contribution < -0.4 is 5.32 Å². The maximum Gasteiger partial charge on any atom is 0.355 e. The molecule has 8 heteroatoms. The van der Waals surface area contributed by atoms with Gasteiger partial charge in [-0.3, -0.25) is 9.48 Å². The smallest absolute Gasteiger partial charge is 0.355 e. The molecule has 0 bridgehead atoms. The fraction of sp³-hybridized carbons (Fsp3) is 0.273. The molecule has 0 saturated carbocycles. The largest absolute Gasteiger partial charge is 0.476 e. The lowest BCUT2D eigenvalue weighted by Gasteiger charge is -2.03. The van der Waals surface area contributed by atoms with E-state index < -0.39 is 5.97 Å². The van der Waals surface area contributed by atoms with E-state index in [1.54, 1.807) is 23.1 Å². The molecule has 0 saturated heterocycles. The van der Waals surface area contributed by atoms with Gasteiger partial charge in [0, 0.05) is 30.7 Å². The number of carbonyl (C=O) groups excluding carboxylic acids is 1. The van der Waals surface area contributed by atoms with Crippen molar-refractivity contribution in [2.24, 2.45) is 0 Å². The number of carboxylic acids is 1. The number of rotatable bonds is 6. The SMILES string of the molecule is O=C(CCn1cccn1)NCc1nc(C(=O)O)cs1. The number of aryl methyl sites for hydroxylation is 1. The fourth-order valence-corrected chi connectivity index (χ4v) is 2.11. The van der Waals surface area contributed by atoms with E-state index in [9.17, 15) is 9.59 Å². The number of nitrogens with zero attached hydrogens (tertiary/aromatic N) is 3. The molecule has 0 aliphatic carbocycles. The minimum absolute atomic E-state index is 0.00536. The van der Waals surface area contributed by atoms with Gasteiger partial charge in [0.15, 0.2) is 5.69 Å². The Labute approximate surface area is 112 Å². The summed E-state index contributed by atoms with van der Waals surface area (Å²) < 4.78 is 1.67. The number of hydrogen-bond donors (Lipinski definition) is 2. The first kappa shape index (κ1) is 13.2. The zero-order valence-corrected chi connectivity index (χ0v) is 10.8. The van der Waals surface area contributed by atoms with Crippen LogP contribution in [0.5, 0.6) is 0 Å². The first-order valence-electron chi connectivity index (χ1n) is 5.57. The molecule has 0 aliphatic rings. The molecule has 0 atom stereocenters. The van der Waals surface area contributed by atoms with E-state index in [0.29, 0.717) is 18.0 Å². The highest BCUT2D eigenvalue weighted by Crippen LogP contribution is 2.09. The van der Waals surface area contributed by atoms with Gasteiger partial charge in [-0.2, -0.15) is 5.10 Å². The van der Waals surface area contributed by atoms with E-state index >= 15 is 0 Å². The van der Waals surface area contributed by atoms with Crippen LogP contribution in [0.25, 0.3) is 0 Å². The first-order chi connectivity index (χ1) is 9.15. The third kappa shape index (κ3) is 3.88. The molecule has 0 radical (unpaired) electrons. The van der Waals surface area contributed by atoms with Crippen molar-refractivity contribution in [1.29, 1.82) is 0 Å². The lowest BCUT2D eigenvalue weighted by atomic mass is 10.4. The number of aromatic nitrogens is 3. The second-order valence-electron chi connectivity index (χ2n) is 3.73. The molecule has 2 aromatic rings. The molecule has 2 N–H and O–H groups in total. The van der Waals surface area contributed by atoms with E-state index in [0.717, 1.165) is 0 Å². The number of thiazole rings is 1. The monoisotopic (exact) mass is 280 g/mol. The summed E-state index contributed by atoms with van der Waals surface area (Å²) in [6, 6.07) is 1.79. The highest BCUT2D eigenvalue weighted by atomic mass is 32.1. The van der Waals surface area contributed by atoms with Crippen LogP contribution in [0, 0.1) is 0 Å². The predicted octanol–water partition coefficient (Wildman–Crippen LogP) is 0.744. The quantitative estimate of drug-likeness (QED) is 0.813. The second-order valence-corrected chi connectivity index (χ2v) is 4.67. The summed E-state index contributed by atoms with van der Waals surface area (Å²) in [6.45, 7) is 0.757. The number of aromatic carboxylic acids is 1. The predicted molar refractivity (Wildman–Crippen MR) is 67.8 cm³/mol. The lowest BCUT2D eigenvalue weighted by molar-refractivity contribution is -0.121. The van der Waals surface area contributed by atoms with Gasteiger partial charge in [-0.25, -0.2) is 9.78 Å². The number of hydrogen-bond acceptors (Lipinski definition) is 5. The average molecular weight is 280 g/mol. The van der Waals surface area contributed by atoms with Gasteiger partial charge in [0.2, 0.25) is 5.91 Å². The average Bonchev–Trinajstić information content (AvgIpc) is 3.05. The van der Waals surface area contributed by atoms with Gasteiger partial charge >= 0.3 is 5.97 Å². The number of carbonyl (C=O) groups is 2. The van der Waals surface area contributed by atoms with Crippen LogP contribution in [0.15, 0.2) is 23.8 Å². The maximum absolute atomic E-state index is 11.6. The second kappa shape index (κ2) is 6.10. The highest BCUT2D eigenvalue weighted by Gasteiger charge is 2.09. The van der Waals surface area contributed by atoms with Gasteiger partial charge in [-0.15, -0.1) is 11.3 Å². The van der Waals surface area contributed by atoms with Crippen molar-refractivity contribution in [3.63, 3.8) is 0 Å². The molecule has 0 aliphatic heterocycles. The van der Waals surface area contributed by atoms with Crippen molar-refractivity contribution < 1.29 is 14.7 Å². The van der Waals surface area contributed by atoms with Gasteiger partial charge in [0.1, 0.15) is 5.01 Å². The van der Waals surface area contributed by atoms with Crippen LogP contribution >= 0.6 is 11.3 Å². The van der Waals surface area contributed by atoms with E-state index in [1.165, 1.54) is 16.7 Å². The zero-order chi connectivity index (χ0) is 13.7. The Hall–Kier alpha value is -2.22. The molecular formula is C11H12N4O3S. The van der Waals surface area contributed by atoms with Crippen molar-refractivity contribution in [3.8, 4) is 0 Å². The molecule has 1 amide bonds. The Balaban J connectivity index is 1.75. The summed E-state index contributed by atoms with van der Waals surface area (Å²) in [5, 5.41) is 17.4. The lowest BCUT2D eigenvalue weighted by Crippen LogP contribution is -2.24. The molecule has 2 heterocycles. The van der Waals surface area contributed by atoms with Crippen LogP contribution in [-0.2, 0) is 17.9 Å². The Morgan fingerprint density at radius 3 is 2.95 bits per heavy atom. The van der Waals surface area contributed by atoms with E-state index in [1.807, 2.05) is 0 Å². The minimum Gasteiger partial charge on any atom is -0.476 e. The van der Waals surface area contributed by atoms with Crippen molar-refractivity contribution in [1.82, 2.24) is 20.1 Å². The third-order valence-corrected chi connectivity index (χ3v) is 3.18. The first-order valence-corrected chi connectivity index (χ1v) is 6.45. The van der Waals surface area contributed by atoms with Crippen molar-refractivity contribution in [2.75, 3.05) is 0 Å². The number of carboxylic acid groups (broad SMARTS) is 1. The van der Waals surface area contributed by atoms with Crippen LogP contribution in [0.1, 0.15) is 21.9 Å². The zero-order valence-electron chi connectivity index (χ0n) is 9.94. The minimum atomic E-state index is -1.06. The summed E-state index contributed by atoms with van der Waals surface area (Å²) in [5.41, 5.74) is 0.00536.